The van der Waals surface area contributed by atoms with Crippen LogP contribution in [0.3, 0.4) is 0 Å². The van der Waals surface area contributed by atoms with Gasteiger partial charge in [0.2, 0.25) is 5.91 Å². The van der Waals surface area contributed by atoms with Crippen molar-refractivity contribution < 1.29 is 9.53 Å². The van der Waals surface area contributed by atoms with Gasteiger partial charge >= 0.3 is 0 Å². The average molecular weight is 295 g/mol. The average Bonchev–Trinajstić information content (AvgIpc) is 2.93. The summed E-state index contributed by atoms with van der Waals surface area (Å²) in [6.45, 7) is 3.06. The Hall–Kier alpha value is -0.650. The van der Waals surface area contributed by atoms with E-state index in [0.717, 1.165) is 32.5 Å². The molecule has 1 aliphatic heterocycles. The fourth-order valence-electron chi connectivity index (χ4n) is 3.71. The maximum atomic E-state index is 12.6. The van der Waals surface area contributed by atoms with Crippen molar-refractivity contribution in [3.63, 3.8) is 0 Å². The van der Waals surface area contributed by atoms with Gasteiger partial charge in [0.05, 0.1) is 24.9 Å². The summed E-state index contributed by atoms with van der Waals surface area (Å²) in [4.78, 5) is 16.8. The maximum absolute atomic E-state index is 12.6. The number of carbonyl (C=O) groups excluding carboxylic acids is 1. The number of amides is 1. The summed E-state index contributed by atoms with van der Waals surface area (Å²) in [6.07, 6.45) is 7.46. The van der Waals surface area contributed by atoms with Crippen LogP contribution in [0.2, 0.25) is 0 Å². The van der Waals surface area contributed by atoms with E-state index >= 15 is 0 Å². The van der Waals surface area contributed by atoms with Crippen molar-refractivity contribution in [3.05, 3.63) is 0 Å². The van der Waals surface area contributed by atoms with Crippen LogP contribution < -0.4 is 5.32 Å². The van der Waals surface area contributed by atoms with E-state index < -0.39 is 0 Å². The quantitative estimate of drug-likeness (QED) is 0.713. The number of nitrogens with zero attached hydrogens (tertiary/aromatic N) is 2. The Kier molecular flexibility index (Phi) is 4.52. The lowest BCUT2D eigenvalue weighted by atomic mass is 10.0. The van der Waals surface area contributed by atoms with Crippen LogP contribution in [0.5, 0.6) is 0 Å². The molecular weight excluding hydrogens is 266 g/mol. The highest BCUT2D eigenvalue weighted by atomic mass is 16.5. The molecule has 1 heterocycles. The lowest BCUT2D eigenvalue weighted by Crippen LogP contribution is -2.44. The first-order chi connectivity index (χ1) is 10.1. The number of ether oxygens (including phenoxy) is 1. The largest absolute Gasteiger partial charge is 0.378 e. The van der Waals surface area contributed by atoms with Gasteiger partial charge in [-0.2, -0.15) is 0 Å². The number of likely N-dealkylation sites (N-methyl/N-ethyl adjacent to an activating group) is 1. The predicted octanol–water partition coefficient (Wildman–Crippen LogP) is 1.05. The molecule has 5 nitrogen and oxygen atoms in total. The van der Waals surface area contributed by atoms with Crippen molar-refractivity contribution in [1.29, 1.82) is 0 Å². The number of hydrogen-bond acceptors (Lipinski definition) is 4. The zero-order valence-corrected chi connectivity index (χ0v) is 13.4. The van der Waals surface area contributed by atoms with Crippen molar-refractivity contribution in [2.75, 3.05) is 40.4 Å². The van der Waals surface area contributed by atoms with Crippen molar-refractivity contribution in [3.8, 4) is 0 Å². The smallest absolute Gasteiger partial charge is 0.244 e. The second-order valence-electron chi connectivity index (χ2n) is 7.13. The summed E-state index contributed by atoms with van der Waals surface area (Å²) in [6, 6.07) is 0. The zero-order chi connectivity index (χ0) is 14.9. The molecule has 2 saturated carbocycles. The maximum Gasteiger partial charge on any atom is 0.244 e. The van der Waals surface area contributed by atoms with Crippen LogP contribution in [0, 0.1) is 5.92 Å². The van der Waals surface area contributed by atoms with Crippen molar-refractivity contribution in [2.24, 2.45) is 5.92 Å². The molecule has 0 aromatic heterocycles. The van der Waals surface area contributed by atoms with E-state index in [4.69, 9.17) is 4.74 Å². The fourth-order valence-corrected chi connectivity index (χ4v) is 3.71. The molecule has 3 fully saturated rings. The molecule has 1 atom stereocenters. The Bertz CT molecular complexity index is 376. The van der Waals surface area contributed by atoms with Crippen LogP contribution in [-0.2, 0) is 9.53 Å². The van der Waals surface area contributed by atoms with Crippen molar-refractivity contribution >= 4 is 5.91 Å². The standard InChI is InChI=1S/C16H29N3O2/c1-18(2)9-11-21-12-10-19-14(13-5-3-4-6-13)17-16(7-8-16)15(19)20/h13-14,17H,3-12H2,1-2H3. The second kappa shape index (κ2) is 6.23. The van der Waals surface area contributed by atoms with Crippen LogP contribution in [0.25, 0.3) is 0 Å². The van der Waals surface area contributed by atoms with Crippen molar-refractivity contribution in [2.45, 2.75) is 50.2 Å². The van der Waals surface area contributed by atoms with E-state index in [9.17, 15) is 4.79 Å². The molecule has 3 rings (SSSR count). The first-order valence-electron chi connectivity index (χ1n) is 8.44. The molecule has 120 valence electrons. The third kappa shape index (κ3) is 3.25. The molecule has 3 aliphatic rings. The Morgan fingerprint density at radius 2 is 2.00 bits per heavy atom. The summed E-state index contributed by atoms with van der Waals surface area (Å²) in [5.74, 6) is 0.978. The van der Waals surface area contributed by atoms with Gasteiger partial charge in [-0.3, -0.25) is 10.1 Å². The van der Waals surface area contributed by atoms with Gasteiger partial charge in [0.15, 0.2) is 0 Å². The van der Waals surface area contributed by atoms with Crippen LogP contribution in [0.15, 0.2) is 0 Å². The highest BCUT2D eigenvalue weighted by Crippen LogP contribution is 2.45. The van der Waals surface area contributed by atoms with Gasteiger partial charge < -0.3 is 14.5 Å². The predicted molar refractivity (Wildman–Crippen MR) is 81.9 cm³/mol. The third-order valence-corrected chi connectivity index (χ3v) is 5.19. The van der Waals surface area contributed by atoms with Gasteiger partial charge in [-0.25, -0.2) is 0 Å². The van der Waals surface area contributed by atoms with E-state index in [1.165, 1.54) is 25.7 Å². The summed E-state index contributed by atoms with van der Waals surface area (Å²) in [7, 11) is 4.09. The van der Waals surface area contributed by atoms with Crippen molar-refractivity contribution in [1.82, 2.24) is 15.1 Å². The molecule has 1 amide bonds. The molecule has 1 spiro atoms. The van der Waals surface area contributed by atoms with Crippen LogP contribution in [-0.4, -0.2) is 67.8 Å². The first-order valence-corrected chi connectivity index (χ1v) is 8.44. The third-order valence-electron chi connectivity index (χ3n) is 5.19. The molecule has 0 bridgehead atoms. The lowest BCUT2D eigenvalue weighted by molar-refractivity contribution is -0.132. The van der Waals surface area contributed by atoms with Gasteiger partial charge in [-0.1, -0.05) is 12.8 Å². The minimum absolute atomic E-state index is 0.184. The van der Waals surface area contributed by atoms with Gasteiger partial charge in [-0.15, -0.1) is 0 Å². The topological polar surface area (TPSA) is 44.8 Å². The van der Waals surface area contributed by atoms with E-state index in [1.54, 1.807) is 0 Å². The molecule has 0 radical (unpaired) electrons. The van der Waals surface area contributed by atoms with Gasteiger partial charge in [0, 0.05) is 13.1 Å². The molecule has 0 aromatic carbocycles. The fraction of sp³-hybridized carbons (Fsp3) is 0.938. The van der Waals surface area contributed by atoms with Gasteiger partial charge in [0.25, 0.3) is 0 Å². The number of hydrogen-bond donors (Lipinski definition) is 1. The molecular formula is C16H29N3O2. The number of nitrogens with one attached hydrogen (secondary N) is 1. The molecule has 5 heteroatoms. The van der Waals surface area contributed by atoms with E-state index in [1.807, 2.05) is 14.1 Å². The molecule has 21 heavy (non-hydrogen) atoms. The van der Waals surface area contributed by atoms with Crippen LogP contribution in [0.4, 0.5) is 0 Å². The summed E-state index contributed by atoms with van der Waals surface area (Å²) in [5, 5.41) is 3.65. The highest BCUT2D eigenvalue weighted by molar-refractivity contribution is 5.91. The van der Waals surface area contributed by atoms with Gasteiger partial charge in [0.1, 0.15) is 0 Å². The van der Waals surface area contributed by atoms with Crippen LogP contribution >= 0.6 is 0 Å². The minimum Gasteiger partial charge on any atom is -0.378 e. The van der Waals surface area contributed by atoms with E-state index in [-0.39, 0.29) is 11.7 Å². The minimum atomic E-state index is -0.184. The Labute approximate surface area is 128 Å². The highest BCUT2D eigenvalue weighted by Gasteiger charge is 2.60. The number of rotatable bonds is 7. The van der Waals surface area contributed by atoms with E-state index in [2.05, 4.69) is 15.1 Å². The molecule has 1 saturated heterocycles. The molecule has 1 unspecified atom stereocenters. The Balaban J connectivity index is 1.51. The van der Waals surface area contributed by atoms with E-state index in [0.29, 0.717) is 18.4 Å². The molecule has 2 aliphatic carbocycles. The number of carbonyl (C=O) groups is 1. The second-order valence-corrected chi connectivity index (χ2v) is 7.13. The van der Waals surface area contributed by atoms with Crippen LogP contribution in [0.1, 0.15) is 38.5 Å². The summed E-state index contributed by atoms with van der Waals surface area (Å²) >= 11 is 0. The summed E-state index contributed by atoms with van der Waals surface area (Å²) in [5.41, 5.74) is -0.184. The Morgan fingerprint density at radius 1 is 1.29 bits per heavy atom. The molecule has 1 N–H and O–H groups in total. The van der Waals surface area contributed by atoms with Gasteiger partial charge in [-0.05, 0) is 45.7 Å². The first kappa shape index (κ1) is 15.3. The zero-order valence-electron chi connectivity index (χ0n) is 13.4. The Morgan fingerprint density at radius 3 is 2.62 bits per heavy atom. The normalized spacial score (nSPS) is 28.2. The summed E-state index contributed by atoms with van der Waals surface area (Å²) < 4.78 is 5.69. The SMILES string of the molecule is CN(C)CCOCCN1C(=O)C2(CC2)NC1C1CCCC1. The monoisotopic (exact) mass is 295 g/mol. The molecule has 0 aromatic rings. The lowest BCUT2D eigenvalue weighted by Gasteiger charge is -2.29.